The number of aromatic nitrogens is 2. The second-order valence-electron chi connectivity index (χ2n) is 15.2. The molecule has 3 heterocycles. The molecule has 8 rings (SSSR count). The Morgan fingerprint density at radius 3 is 2.31 bits per heavy atom. The first kappa shape index (κ1) is 30.7. The predicted molar refractivity (Wildman–Crippen MR) is 215 cm³/mol. The van der Waals surface area contributed by atoms with Gasteiger partial charge in [-0.3, -0.25) is 0 Å². The van der Waals surface area contributed by atoms with Crippen molar-refractivity contribution < 1.29 is 35.9 Å². The summed E-state index contributed by atoms with van der Waals surface area (Å²) in [5.41, 5.74) is 6.14. The van der Waals surface area contributed by atoms with E-state index in [1.54, 1.807) is 32.9 Å². The summed E-state index contributed by atoms with van der Waals surface area (Å²) in [4.78, 5) is 4.47. The van der Waals surface area contributed by atoms with Gasteiger partial charge in [-0.2, -0.15) is 18.6 Å². The second kappa shape index (κ2) is 14.3. The Morgan fingerprint density at radius 1 is 0.827 bits per heavy atom. The van der Waals surface area contributed by atoms with Crippen molar-refractivity contribution in [3.63, 3.8) is 0 Å². The molecule has 0 aliphatic rings. The fraction of sp³-hybridized carbons (Fsp3) is 0.208. The van der Waals surface area contributed by atoms with E-state index < -0.39 is 18.6 Å². The molecule has 5 aromatic carbocycles. The number of hydrogen-bond acceptors (Lipinski definition) is 2. The fourth-order valence-electron chi connectivity index (χ4n) is 6.54. The SMILES string of the molecule is [2H]C([2H])([2H])c1cnc(-c2[c-]ccc3c2oc2cc4c(ccc5ccccc54)cc23)cc1C([2H])([2H])C(C)(C)C.[CH2-]c1ccccc1-c1ccc(C(C)(C)C)c[n+]1[CH2-].[Ir+3]. The smallest absolute Gasteiger partial charge is 0.501 e. The van der Waals surface area contributed by atoms with Crippen LogP contribution in [0.5, 0.6) is 0 Å². The normalized spacial score (nSPS) is 13.8. The van der Waals surface area contributed by atoms with Crippen molar-refractivity contribution in [3.05, 3.63) is 158 Å². The zero-order chi connectivity index (χ0) is 40.4. The van der Waals surface area contributed by atoms with Gasteiger partial charge in [0.25, 0.3) is 0 Å². The summed E-state index contributed by atoms with van der Waals surface area (Å²) in [7, 11) is 4.10. The van der Waals surface area contributed by atoms with E-state index in [1.807, 2.05) is 41.0 Å². The van der Waals surface area contributed by atoms with E-state index in [2.05, 4.69) is 107 Å². The Morgan fingerprint density at radius 2 is 1.58 bits per heavy atom. The first-order chi connectivity index (χ1) is 26.3. The molecule has 8 aromatic rings. The molecule has 3 nitrogen and oxygen atoms in total. The van der Waals surface area contributed by atoms with Gasteiger partial charge in [-0.25, -0.2) is 0 Å². The Hall–Kier alpha value is -4.89. The maximum Gasteiger partial charge on any atom is 3.00 e. The van der Waals surface area contributed by atoms with Gasteiger partial charge in [0.15, 0.2) is 0 Å². The zero-order valence-corrected chi connectivity index (χ0v) is 32.9. The Kier molecular flexibility index (Phi) is 8.42. The van der Waals surface area contributed by atoms with Crippen molar-refractivity contribution in [2.24, 2.45) is 5.41 Å². The Bertz CT molecular complexity index is 2770. The molecule has 0 unspecified atom stereocenters. The molecule has 0 saturated heterocycles. The summed E-state index contributed by atoms with van der Waals surface area (Å²) in [6, 6.07) is 37.6. The van der Waals surface area contributed by atoms with Gasteiger partial charge in [0.05, 0.1) is 17.5 Å². The Balaban J connectivity index is 0.000000244. The third-order valence-corrected chi connectivity index (χ3v) is 9.15. The van der Waals surface area contributed by atoms with Crippen LogP contribution in [0.1, 0.15) is 70.7 Å². The maximum atomic E-state index is 8.85. The van der Waals surface area contributed by atoms with Crippen LogP contribution in [0.2, 0.25) is 0 Å². The number of aryl methyl sites for hydroxylation is 1. The van der Waals surface area contributed by atoms with Crippen molar-refractivity contribution in [2.45, 2.75) is 60.2 Å². The molecule has 0 aliphatic carbocycles. The Labute approximate surface area is 329 Å². The molecule has 262 valence electrons. The van der Waals surface area contributed by atoms with Crippen molar-refractivity contribution in [1.29, 1.82) is 0 Å². The molecule has 0 bridgehead atoms. The average molecular weight is 864 g/mol. The quantitative estimate of drug-likeness (QED) is 0.101. The molecule has 0 spiro atoms. The molecule has 0 atom stereocenters. The van der Waals surface area contributed by atoms with E-state index in [-0.39, 0.29) is 36.6 Å². The van der Waals surface area contributed by atoms with E-state index >= 15 is 0 Å². The third kappa shape index (κ3) is 7.37. The predicted octanol–water partition coefficient (Wildman–Crippen LogP) is 12.4. The molecule has 3 aromatic heterocycles. The van der Waals surface area contributed by atoms with E-state index in [4.69, 9.17) is 11.3 Å². The summed E-state index contributed by atoms with van der Waals surface area (Å²) >= 11 is 0. The number of nitrogens with zero attached hydrogens (tertiary/aromatic N) is 2. The molecule has 4 heteroatoms. The molecule has 0 N–H and O–H groups in total. The monoisotopic (exact) mass is 864 g/mol. The van der Waals surface area contributed by atoms with E-state index in [9.17, 15) is 0 Å². The number of pyridine rings is 2. The fourth-order valence-corrected chi connectivity index (χ4v) is 6.54. The van der Waals surface area contributed by atoms with Gasteiger partial charge in [0.2, 0.25) is 0 Å². The zero-order valence-electron chi connectivity index (χ0n) is 35.5. The average Bonchev–Trinajstić information content (AvgIpc) is 3.51. The summed E-state index contributed by atoms with van der Waals surface area (Å²) in [6.45, 7) is 13.5. The second-order valence-corrected chi connectivity index (χ2v) is 15.2. The topological polar surface area (TPSA) is 29.9 Å². The van der Waals surface area contributed by atoms with Crippen LogP contribution in [0, 0.1) is 32.3 Å². The minimum Gasteiger partial charge on any atom is -0.501 e. The van der Waals surface area contributed by atoms with Crippen LogP contribution in [0.25, 0.3) is 66.0 Å². The molecule has 0 fully saturated rings. The first-order valence-electron chi connectivity index (χ1n) is 19.7. The number of fused-ring (bicyclic) bond motifs is 6. The van der Waals surface area contributed by atoms with Gasteiger partial charge in [-0.1, -0.05) is 119 Å². The summed E-state index contributed by atoms with van der Waals surface area (Å²) in [5.74, 6) is 0. The number of rotatable bonds is 3. The van der Waals surface area contributed by atoms with E-state index in [1.165, 1.54) is 11.8 Å². The summed E-state index contributed by atoms with van der Waals surface area (Å²) < 4.78 is 50.1. The van der Waals surface area contributed by atoms with Gasteiger partial charge >= 0.3 is 20.1 Å². The van der Waals surface area contributed by atoms with Gasteiger partial charge in [-0.15, -0.1) is 35.9 Å². The van der Waals surface area contributed by atoms with Crippen molar-refractivity contribution in [2.75, 3.05) is 0 Å². The number of benzene rings is 5. The maximum absolute atomic E-state index is 8.85. The van der Waals surface area contributed by atoms with Crippen LogP contribution in [-0.2, 0) is 31.9 Å². The van der Waals surface area contributed by atoms with Gasteiger partial charge in [0, 0.05) is 25.5 Å². The van der Waals surface area contributed by atoms with E-state index in [0.717, 1.165) is 54.7 Å². The summed E-state index contributed by atoms with van der Waals surface area (Å²) in [5, 5.41) is 6.36. The van der Waals surface area contributed by atoms with Crippen LogP contribution in [0.4, 0.5) is 0 Å². The van der Waals surface area contributed by atoms with Crippen LogP contribution in [-0.4, -0.2) is 4.98 Å². The van der Waals surface area contributed by atoms with Crippen molar-refractivity contribution in [3.8, 4) is 22.5 Å². The number of hydrogen-bond donors (Lipinski definition) is 0. The molecule has 0 radical (unpaired) electrons. The molecule has 0 aliphatic heterocycles. The first-order valence-corrected chi connectivity index (χ1v) is 17.2. The minimum atomic E-state index is -2.50. The van der Waals surface area contributed by atoms with Crippen LogP contribution >= 0.6 is 0 Å². The third-order valence-electron chi connectivity index (χ3n) is 9.15. The van der Waals surface area contributed by atoms with Gasteiger partial charge < -0.3 is 14.0 Å². The molecular formula is C48H46IrN2O+. The molecule has 0 amide bonds. The van der Waals surface area contributed by atoms with Crippen molar-refractivity contribution >= 4 is 43.5 Å². The van der Waals surface area contributed by atoms with Crippen LogP contribution in [0.15, 0.2) is 120 Å². The van der Waals surface area contributed by atoms with Gasteiger partial charge in [0.1, 0.15) is 5.58 Å². The largest absolute Gasteiger partial charge is 3.00 e. The van der Waals surface area contributed by atoms with E-state index in [0.29, 0.717) is 16.8 Å². The van der Waals surface area contributed by atoms with Crippen LogP contribution in [0.3, 0.4) is 0 Å². The van der Waals surface area contributed by atoms with Crippen LogP contribution < -0.4 is 4.57 Å². The van der Waals surface area contributed by atoms with Gasteiger partial charge in [-0.05, 0) is 74.6 Å². The summed E-state index contributed by atoms with van der Waals surface area (Å²) in [6.07, 6.45) is 1.45. The molecule has 52 heavy (non-hydrogen) atoms. The molecule has 0 saturated carbocycles. The molecular weight excluding hydrogens is 813 g/mol. The van der Waals surface area contributed by atoms with Crippen molar-refractivity contribution in [1.82, 2.24) is 4.98 Å². The standard InChI is InChI=1S/C31H26NO.C17H20N.Ir/c1-19-18-32-28(15-22(19)17-31(2,3)4)25-11-7-10-24-27-14-21-13-12-20-8-5-6-9-23(20)26(21)16-29(27)33-30(24)25;1-13-8-6-7-9-15(13)16-11-10-14(12-18(16)5)17(2,3)4;/h5-10,12-16,18H,17H2,1-4H3;6-12H,1,5H2,2-4H3;/q2*-1;+3/i1D3,17D2;;. The minimum absolute atomic E-state index is 0. The number of furan rings is 1.